The summed E-state index contributed by atoms with van der Waals surface area (Å²) in [5, 5.41) is 3.28. The maximum Gasteiger partial charge on any atom is 0.242 e. The van der Waals surface area contributed by atoms with Crippen LogP contribution in [0.4, 0.5) is 4.39 Å². The number of nitrogens with zero attached hydrogens (tertiary/aromatic N) is 1. The molecule has 0 spiro atoms. The fourth-order valence-electron chi connectivity index (χ4n) is 3.35. The zero-order valence-corrected chi connectivity index (χ0v) is 21.0. The van der Waals surface area contributed by atoms with Crippen LogP contribution in [0, 0.1) is 5.82 Å². The lowest BCUT2D eigenvalue weighted by Gasteiger charge is -2.30. The Kier molecular flexibility index (Phi) is 11.5. The lowest BCUT2D eigenvalue weighted by molar-refractivity contribution is -0.139. The normalized spacial score (nSPS) is 11.7. The smallest absolute Gasteiger partial charge is 0.242 e. The van der Waals surface area contributed by atoms with Crippen molar-refractivity contribution < 1.29 is 18.7 Å². The minimum Gasteiger partial charge on any atom is -0.497 e. The number of hydrogen-bond donors (Lipinski definition) is 1. The summed E-state index contributed by atoms with van der Waals surface area (Å²) in [6, 6.07) is 11.4. The van der Waals surface area contributed by atoms with E-state index in [0.717, 1.165) is 24.2 Å². The summed E-state index contributed by atoms with van der Waals surface area (Å²) in [5.74, 6) is 0.375. The van der Waals surface area contributed by atoms with E-state index < -0.39 is 6.04 Å². The van der Waals surface area contributed by atoms with Gasteiger partial charge in [0, 0.05) is 29.4 Å². The van der Waals surface area contributed by atoms with Crippen molar-refractivity contribution in [1.29, 1.82) is 0 Å². The molecule has 0 aliphatic carbocycles. The SMILES string of the molecule is CCCCNC(=O)[C@@H](CC)N(Cc1ccc(OC)cc1)C(=O)CSCc1c(F)cccc1Cl. The largest absolute Gasteiger partial charge is 0.497 e. The second-order valence-corrected chi connectivity index (χ2v) is 9.02. The third-order valence-corrected chi connectivity index (χ3v) is 6.56. The number of nitrogens with one attached hydrogen (secondary N) is 1. The van der Waals surface area contributed by atoms with Crippen molar-refractivity contribution in [3.05, 3.63) is 64.4 Å². The number of thioether (sulfide) groups is 1. The molecule has 0 aliphatic rings. The lowest BCUT2D eigenvalue weighted by Crippen LogP contribution is -2.49. The molecular formula is C25H32ClFN2O3S. The molecule has 0 heterocycles. The molecule has 1 N–H and O–H groups in total. The van der Waals surface area contributed by atoms with Crippen molar-refractivity contribution in [2.45, 2.75) is 51.4 Å². The van der Waals surface area contributed by atoms with Gasteiger partial charge in [-0.3, -0.25) is 9.59 Å². The fraction of sp³-hybridized carbons (Fsp3) is 0.440. The number of halogens is 2. The molecule has 0 bridgehead atoms. The quantitative estimate of drug-likeness (QED) is 0.376. The first-order chi connectivity index (χ1) is 15.9. The highest BCUT2D eigenvalue weighted by Crippen LogP contribution is 2.25. The van der Waals surface area contributed by atoms with Crippen molar-refractivity contribution in [3.63, 3.8) is 0 Å². The Morgan fingerprint density at radius 3 is 2.52 bits per heavy atom. The highest BCUT2D eigenvalue weighted by Gasteiger charge is 2.28. The molecule has 33 heavy (non-hydrogen) atoms. The number of rotatable bonds is 13. The molecule has 1 atom stereocenters. The lowest BCUT2D eigenvalue weighted by atomic mass is 10.1. The van der Waals surface area contributed by atoms with Crippen LogP contribution in [0.3, 0.4) is 0 Å². The first-order valence-corrected chi connectivity index (χ1v) is 12.6. The molecule has 180 valence electrons. The van der Waals surface area contributed by atoms with E-state index in [9.17, 15) is 14.0 Å². The Labute approximate surface area is 205 Å². The predicted octanol–water partition coefficient (Wildman–Crippen LogP) is 5.44. The second-order valence-electron chi connectivity index (χ2n) is 7.63. The van der Waals surface area contributed by atoms with Crippen LogP contribution in [0.25, 0.3) is 0 Å². The van der Waals surface area contributed by atoms with Gasteiger partial charge in [0.05, 0.1) is 12.9 Å². The van der Waals surface area contributed by atoms with Crippen LogP contribution in [-0.2, 0) is 21.9 Å². The van der Waals surface area contributed by atoms with Crippen LogP contribution in [0.15, 0.2) is 42.5 Å². The molecule has 0 radical (unpaired) electrons. The van der Waals surface area contributed by atoms with Crippen LogP contribution < -0.4 is 10.1 Å². The van der Waals surface area contributed by atoms with Crippen LogP contribution >= 0.6 is 23.4 Å². The van der Waals surface area contributed by atoms with Crippen molar-refractivity contribution in [1.82, 2.24) is 10.2 Å². The maximum absolute atomic E-state index is 14.1. The third-order valence-electron chi connectivity index (χ3n) is 5.26. The zero-order chi connectivity index (χ0) is 24.2. The summed E-state index contributed by atoms with van der Waals surface area (Å²) in [6.45, 7) is 4.83. The minimum atomic E-state index is -0.589. The van der Waals surface area contributed by atoms with E-state index in [1.165, 1.54) is 17.8 Å². The molecule has 2 rings (SSSR count). The highest BCUT2D eigenvalue weighted by molar-refractivity contribution is 7.99. The van der Waals surface area contributed by atoms with Gasteiger partial charge in [-0.25, -0.2) is 4.39 Å². The topological polar surface area (TPSA) is 58.6 Å². The summed E-state index contributed by atoms with van der Waals surface area (Å²) in [4.78, 5) is 27.7. The molecule has 0 saturated carbocycles. The van der Waals surface area contributed by atoms with Crippen LogP contribution in [0.1, 0.15) is 44.2 Å². The van der Waals surface area contributed by atoms with E-state index in [4.69, 9.17) is 16.3 Å². The number of hydrogen-bond acceptors (Lipinski definition) is 4. The number of carbonyl (C=O) groups excluding carboxylic acids is 2. The average Bonchev–Trinajstić information content (AvgIpc) is 2.81. The zero-order valence-electron chi connectivity index (χ0n) is 19.4. The van der Waals surface area contributed by atoms with Gasteiger partial charge in [-0.05, 0) is 42.7 Å². The van der Waals surface area contributed by atoms with Gasteiger partial charge in [0.25, 0.3) is 0 Å². The van der Waals surface area contributed by atoms with E-state index in [2.05, 4.69) is 12.2 Å². The Bertz CT molecular complexity index is 891. The van der Waals surface area contributed by atoms with Gasteiger partial charge in [-0.2, -0.15) is 0 Å². The summed E-state index contributed by atoms with van der Waals surface area (Å²) in [7, 11) is 1.59. The molecule has 2 amide bonds. The Morgan fingerprint density at radius 2 is 1.91 bits per heavy atom. The number of amides is 2. The van der Waals surface area contributed by atoms with Gasteiger partial charge in [0.2, 0.25) is 11.8 Å². The van der Waals surface area contributed by atoms with Gasteiger partial charge in [-0.1, -0.05) is 50.1 Å². The van der Waals surface area contributed by atoms with Gasteiger partial charge in [0.1, 0.15) is 17.6 Å². The number of carbonyl (C=O) groups is 2. The van der Waals surface area contributed by atoms with Crippen molar-refractivity contribution in [3.8, 4) is 5.75 Å². The Balaban J connectivity index is 2.14. The minimum absolute atomic E-state index is 0.111. The molecule has 0 aliphatic heterocycles. The standard InChI is InChI=1S/C25H32ClFN2O3S/c1-4-6-14-28-25(31)23(5-2)29(15-18-10-12-19(32-3)13-11-18)24(30)17-33-16-20-21(26)8-7-9-22(20)27/h7-13,23H,4-6,14-17H2,1-3H3,(H,28,31)/t23-/m1/s1. The van der Waals surface area contributed by atoms with Gasteiger partial charge in [-0.15, -0.1) is 11.8 Å². The van der Waals surface area contributed by atoms with Crippen molar-refractivity contribution in [2.24, 2.45) is 0 Å². The fourth-order valence-corrected chi connectivity index (χ4v) is 4.60. The van der Waals surface area contributed by atoms with E-state index in [-0.39, 0.29) is 29.1 Å². The molecule has 0 unspecified atom stereocenters. The summed E-state index contributed by atoms with van der Waals surface area (Å²) in [5.41, 5.74) is 1.27. The monoisotopic (exact) mass is 494 g/mol. The van der Waals surface area contributed by atoms with Crippen LogP contribution in [-0.4, -0.2) is 42.2 Å². The third kappa shape index (κ3) is 8.23. The average molecular weight is 495 g/mol. The molecule has 2 aromatic rings. The molecule has 0 aromatic heterocycles. The first-order valence-electron chi connectivity index (χ1n) is 11.1. The molecule has 8 heteroatoms. The molecule has 0 fully saturated rings. The van der Waals surface area contributed by atoms with Crippen molar-refractivity contribution >= 4 is 35.2 Å². The van der Waals surface area contributed by atoms with E-state index >= 15 is 0 Å². The van der Waals surface area contributed by atoms with Crippen LogP contribution in [0.5, 0.6) is 5.75 Å². The van der Waals surface area contributed by atoms with E-state index in [1.54, 1.807) is 24.1 Å². The first kappa shape index (κ1) is 27.0. The summed E-state index contributed by atoms with van der Waals surface area (Å²) in [6.07, 6.45) is 2.35. The number of methoxy groups -OCH3 is 1. The molecular weight excluding hydrogens is 463 g/mol. The van der Waals surface area contributed by atoms with E-state index in [1.807, 2.05) is 31.2 Å². The second kappa shape index (κ2) is 14.1. The summed E-state index contributed by atoms with van der Waals surface area (Å²) < 4.78 is 19.3. The van der Waals surface area contributed by atoms with Gasteiger partial charge in [0.15, 0.2) is 0 Å². The number of benzene rings is 2. The van der Waals surface area contributed by atoms with Gasteiger partial charge < -0.3 is 15.0 Å². The summed E-state index contributed by atoms with van der Waals surface area (Å²) >= 11 is 7.38. The number of unbranched alkanes of at least 4 members (excludes halogenated alkanes) is 1. The van der Waals surface area contributed by atoms with Crippen LogP contribution in [0.2, 0.25) is 5.02 Å². The van der Waals surface area contributed by atoms with Gasteiger partial charge >= 0.3 is 0 Å². The highest BCUT2D eigenvalue weighted by atomic mass is 35.5. The molecule has 5 nitrogen and oxygen atoms in total. The maximum atomic E-state index is 14.1. The molecule has 2 aromatic carbocycles. The number of ether oxygens (including phenoxy) is 1. The van der Waals surface area contributed by atoms with Crippen molar-refractivity contribution in [2.75, 3.05) is 19.4 Å². The predicted molar refractivity (Wildman–Crippen MR) is 133 cm³/mol. The Hall–Kier alpha value is -2.25. The van der Waals surface area contributed by atoms with E-state index in [0.29, 0.717) is 30.1 Å². The Morgan fingerprint density at radius 1 is 1.18 bits per heavy atom. The molecule has 0 saturated heterocycles.